The molecule has 2 aromatic rings. The van der Waals surface area contributed by atoms with E-state index in [1.165, 1.54) is 0 Å². The quantitative estimate of drug-likeness (QED) is 0.864. The van der Waals surface area contributed by atoms with Gasteiger partial charge in [-0.1, -0.05) is 11.6 Å². The van der Waals surface area contributed by atoms with Crippen LogP contribution >= 0.6 is 11.6 Å². The first-order valence-corrected chi connectivity index (χ1v) is 6.33. The molecule has 2 rings (SSSR count). The average Bonchev–Trinajstić information content (AvgIpc) is 2.71. The number of carbonyl (C=O) groups excluding carboxylic acids is 1. The summed E-state index contributed by atoms with van der Waals surface area (Å²) in [6, 6.07) is 7.56. The zero-order chi connectivity index (χ0) is 13.3. The molecule has 0 aliphatic heterocycles. The first-order chi connectivity index (χ1) is 8.41. The van der Waals surface area contributed by atoms with Crippen molar-refractivity contribution < 1.29 is 9.21 Å². The molecule has 18 heavy (non-hydrogen) atoms. The Balaban J connectivity index is 2.28. The third kappa shape index (κ3) is 2.67. The number of amides is 1. The van der Waals surface area contributed by atoms with Gasteiger partial charge in [-0.25, -0.2) is 0 Å². The second-order valence-corrected chi connectivity index (χ2v) is 5.39. The second-order valence-electron chi connectivity index (χ2n) is 5.12. The van der Waals surface area contributed by atoms with E-state index in [9.17, 15) is 4.79 Å². The van der Waals surface area contributed by atoms with Crippen LogP contribution in [0.25, 0.3) is 11.0 Å². The van der Waals surface area contributed by atoms with Gasteiger partial charge in [-0.2, -0.15) is 0 Å². The van der Waals surface area contributed by atoms with Crippen molar-refractivity contribution in [3.05, 3.63) is 35.6 Å². The Bertz CT molecular complexity index is 586. The van der Waals surface area contributed by atoms with Crippen LogP contribution in [0.15, 0.2) is 28.7 Å². The number of halogens is 1. The summed E-state index contributed by atoms with van der Waals surface area (Å²) in [7, 11) is 0. The number of alkyl halides is 1. The van der Waals surface area contributed by atoms with Gasteiger partial charge in [0.1, 0.15) is 5.58 Å². The molecule has 1 heterocycles. The van der Waals surface area contributed by atoms with Crippen LogP contribution in [0.2, 0.25) is 0 Å². The number of hydrogen-bond donors (Lipinski definition) is 1. The summed E-state index contributed by atoms with van der Waals surface area (Å²) < 4.78 is 5.52. The van der Waals surface area contributed by atoms with Crippen molar-refractivity contribution in [1.29, 1.82) is 0 Å². The Hall–Kier alpha value is -1.48. The van der Waals surface area contributed by atoms with Crippen LogP contribution in [0.5, 0.6) is 0 Å². The molecule has 1 aromatic carbocycles. The fourth-order valence-electron chi connectivity index (χ4n) is 1.68. The molecule has 0 unspecified atom stereocenters. The maximum absolute atomic E-state index is 12.0. The van der Waals surface area contributed by atoms with E-state index in [1.54, 1.807) is 6.07 Å². The van der Waals surface area contributed by atoms with Crippen molar-refractivity contribution in [3.8, 4) is 0 Å². The summed E-state index contributed by atoms with van der Waals surface area (Å²) in [5.41, 5.74) is 1.40. The lowest BCUT2D eigenvalue weighted by molar-refractivity contribution is 0.0894. The van der Waals surface area contributed by atoms with Crippen LogP contribution in [0.3, 0.4) is 0 Å². The molecule has 0 spiro atoms. The van der Waals surface area contributed by atoms with E-state index in [0.29, 0.717) is 11.6 Å². The molecule has 0 atom stereocenters. The Morgan fingerprint density at radius 1 is 1.39 bits per heavy atom. The lowest BCUT2D eigenvalue weighted by Crippen LogP contribution is -2.44. The maximum Gasteiger partial charge on any atom is 0.287 e. The summed E-state index contributed by atoms with van der Waals surface area (Å²) in [6.07, 6.45) is 0. The topological polar surface area (TPSA) is 42.2 Å². The molecule has 1 aromatic heterocycles. The van der Waals surface area contributed by atoms with Crippen LogP contribution < -0.4 is 5.32 Å². The molecule has 3 nitrogen and oxygen atoms in total. The van der Waals surface area contributed by atoms with Gasteiger partial charge in [-0.15, -0.1) is 11.6 Å². The number of furan rings is 1. The summed E-state index contributed by atoms with van der Waals surface area (Å²) >= 11 is 5.78. The lowest BCUT2D eigenvalue weighted by atomic mass is 10.1. The summed E-state index contributed by atoms with van der Waals surface area (Å²) in [6.45, 7) is 5.73. The predicted molar refractivity (Wildman–Crippen MR) is 73.2 cm³/mol. The number of aryl methyl sites for hydroxylation is 1. The van der Waals surface area contributed by atoms with Crippen molar-refractivity contribution in [2.75, 3.05) is 5.88 Å². The van der Waals surface area contributed by atoms with Gasteiger partial charge >= 0.3 is 0 Å². The van der Waals surface area contributed by atoms with E-state index in [2.05, 4.69) is 5.32 Å². The highest BCUT2D eigenvalue weighted by molar-refractivity contribution is 6.18. The van der Waals surface area contributed by atoms with Gasteiger partial charge in [-0.3, -0.25) is 4.79 Å². The van der Waals surface area contributed by atoms with Crippen LogP contribution in [0.1, 0.15) is 30.0 Å². The molecule has 0 saturated carbocycles. The van der Waals surface area contributed by atoms with Crippen molar-refractivity contribution in [2.24, 2.45) is 0 Å². The van der Waals surface area contributed by atoms with Gasteiger partial charge in [0.05, 0.1) is 0 Å². The van der Waals surface area contributed by atoms with Crippen molar-refractivity contribution >= 4 is 28.5 Å². The van der Waals surface area contributed by atoms with Gasteiger partial charge in [0, 0.05) is 16.8 Å². The van der Waals surface area contributed by atoms with E-state index in [0.717, 1.165) is 16.5 Å². The van der Waals surface area contributed by atoms with Gasteiger partial charge in [0.25, 0.3) is 5.91 Å². The third-order valence-corrected chi connectivity index (χ3v) is 3.35. The Morgan fingerprint density at radius 3 is 2.78 bits per heavy atom. The Kier molecular flexibility index (Phi) is 3.35. The minimum atomic E-state index is -0.451. The third-order valence-electron chi connectivity index (χ3n) is 2.68. The van der Waals surface area contributed by atoms with E-state index in [1.807, 2.05) is 39.0 Å². The van der Waals surface area contributed by atoms with E-state index < -0.39 is 5.54 Å². The molecule has 0 saturated heterocycles. The highest BCUT2D eigenvalue weighted by Gasteiger charge is 2.22. The zero-order valence-corrected chi connectivity index (χ0v) is 11.5. The number of nitrogens with one attached hydrogen (secondary N) is 1. The SMILES string of the molecule is Cc1ccc2oc(C(=O)NC(C)(C)CCl)cc2c1. The van der Waals surface area contributed by atoms with Gasteiger partial charge < -0.3 is 9.73 Å². The molecule has 1 amide bonds. The van der Waals surface area contributed by atoms with Gasteiger partial charge in [-0.05, 0) is 39.0 Å². The lowest BCUT2D eigenvalue weighted by Gasteiger charge is -2.22. The normalized spacial score (nSPS) is 11.8. The monoisotopic (exact) mass is 265 g/mol. The minimum Gasteiger partial charge on any atom is -0.451 e. The maximum atomic E-state index is 12.0. The first kappa shape index (κ1) is 13.0. The van der Waals surface area contributed by atoms with Gasteiger partial charge in [0.2, 0.25) is 0 Å². The Morgan fingerprint density at radius 2 is 2.11 bits per heavy atom. The van der Waals surface area contributed by atoms with E-state index >= 15 is 0 Å². The van der Waals surface area contributed by atoms with Crippen LogP contribution in [0, 0.1) is 6.92 Å². The van der Waals surface area contributed by atoms with Crippen molar-refractivity contribution in [3.63, 3.8) is 0 Å². The number of benzene rings is 1. The number of carbonyl (C=O) groups is 1. The Labute approximate surface area is 111 Å². The summed E-state index contributed by atoms with van der Waals surface area (Å²) in [5.74, 6) is 0.418. The molecule has 0 fully saturated rings. The highest BCUT2D eigenvalue weighted by atomic mass is 35.5. The predicted octanol–water partition coefficient (Wildman–Crippen LogP) is 3.49. The van der Waals surface area contributed by atoms with Crippen LogP contribution in [-0.4, -0.2) is 17.3 Å². The standard InChI is InChI=1S/C14H16ClNO2/c1-9-4-5-11-10(6-9)7-12(18-11)13(17)16-14(2,3)8-15/h4-7H,8H2,1-3H3,(H,16,17). The molecule has 4 heteroatoms. The van der Waals surface area contributed by atoms with Crippen LogP contribution in [-0.2, 0) is 0 Å². The molecule has 0 bridgehead atoms. The molecule has 96 valence electrons. The molecular weight excluding hydrogens is 250 g/mol. The molecule has 0 aliphatic rings. The molecule has 0 aliphatic carbocycles. The van der Waals surface area contributed by atoms with E-state index in [-0.39, 0.29) is 5.91 Å². The largest absolute Gasteiger partial charge is 0.451 e. The van der Waals surface area contributed by atoms with Gasteiger partial charge in [0.15, 0.2) is 5.76 Å². The fraction of sp³-hybridized carbons (Fsp3) is 0.357. The summed E-state index contributed by atoms with van der Waals surface area (Å²) in [5, 5.41) is 3.77. The molecule has 0 radical (unpaired) electrons. The molecular formula is C14H16ClNO2. The second kappa shape index (κ2) is 4.65. The number of fused-ring (bicyclic) bond motifs is 1. The van der Waals surface area contributed by atoms with Crippen molar-refractivity contribution in [1.82, 2.24) is 5.32 Å². The van der Waals surface area contributed by atoms with Crippen LogP contribution in [0.4, 0.5) is 0 Å². The number of hydrogen-bond acceptors (Lipinski definition) is 2. The fourth-order valence-corrected chi connectivity index (χ4v) is 1.74. The minimum absolute atomic E-state index is 0.241. The smallest absolute Gasteiger partial charge is 0.287 e. The zero-order valence-electron chi connectivity index (χ0n) is 10.7. The molecule has 1 N–H and O–H groups in total. The first-order valence-electron chi connectivity index (χ1n) is 5.80. The highest BCUT2D eigenvalue weighted by Crippen LogP contribution is 2.21. The van der Waals surface area contributed by atoms with Crippen molar-refractivity contribution in [2.45, 2.75) is 26.3 Å². The summed E-state index contributed by atoms with van der Waals surface area (Å²) in [4.78, 5) is 12.0. The number of rotatable bonds is 3. The average molecular weight is 266 g/mol. The van der Waals surface area contributed by atoms with E-state index in [4.69, 9.17) is 16.0 Å².